The number of hydrogen-bond donors (Lipinski definition) is 1. The van der Waals surface area contributed by atoms with Crippen molar-refractivity contribution in [1.29, 1.82) is 0 Å². The third-order valence-corrected chi connectivity index (χ3v) is 4.26. The fraction of sp³-hybridized carbons (Fsp3) is 0.294. The topological polar surface area (TPSA) is 45.2 Å². The van der Waals surface area contributed by atoms with Crippen LogP contribution in [-0.2, 0) is 0 Å². The number of halogens is 3. The molecule has 1 unspecified atom stereocenters. The van der Waals surface area contributed by atoms with E-state index in [9.17, 15) is 18.0 Å². The van der Waals surface area contributed by atoms with E-state index in [1.165, 1.54) is 30.5 Å². The van der Waals surface area contributed by atoms with Crippen molar-refractivity contribution in [3.05, 3.63) is 59.5 Å². The highest BCUT2D eigenvalue weighted by Crippen LogP contribution is 2.26. The molecule has 1 heterocycles. The molecule has 0 aliphatic rings. The molecule has 1 aromatic carbocycles. The van der Waals surface area contributed by atoms with E-state index in [-0.39, 0.29) is 40.8 Å². The van der Waals surface area contributed by atoms with Gasteiger partial charge in [0.15, 0.2) is 0 Å². The minimum Gasteiger partial charge on any atom is -0.350 e. The lowest BCUT2D eigenvalue weighted by atomic mass is 10.1. The van der Waals surface area contributed by atoms with E-state index in [4.69, 9.17) is 0 Å². The predicted molar refractivity (Wildman–Crippen MR) is 91.3 cm³/mol. The van der Waals surface area contributed by atoms with Crippen LogP contribution < -0.4 is 5.32 Å². The maximum atomic E-state index is 13.4. The molecule has 134 valence electrons. The fourth-order valence-electron chi connectivity index (χ4n) is 2.34. The summed E-state index contributed by atoms with van der Waals surface area (Å²) >= 11 is 0.227. The fourth-order valence-corrected chi connectivity index (χ4v) is 2.92. The van der Waals surface area contributed by atoms with Crippen molar-refractivity contribution in [3.63, 3.8) is 0 Å². The molecule has 1 amide bonds. The Morgan fingerprint density at radius 3 is 2.68 bits per heavy atom. The van der Waals surface area contributed by atoms with Crippen LogP contribution in [0, 0.1) is 5.82 Å². The predicted octanol–water partition coefficient (Wildman–Crippen LogP) is 3.57. The summed E-state index contributed by atoms with van der Waals surface area (Å²) in [6, 6.07) is 8.81. The highest BCUT2D eigenvalue weighted by atomic mass is 32.2. The van der Waals surface area contributed by atoms with Gasteiger partial charge in [0, 0.05) is 12.7 Å². The van der Waals surface area contributed by atoms with Crippen LogP contribution >= 0.6 is 11.8 Å². The van der Waals surface area contributed by atoms with Gasteiger partial charge in [-0.15, -0.1) is 0 Å². The van der Waals surface area contributed by atoms with Gasteiger partial charge in [-0.3, -0.25) is 4.79 Å². The molecular formula is C17H18F3N3OS. The smallest absolute Gasteiger partial charge is 0.290 e. The largest absolute Gasteiger partial charge is 0.350 e. The van der Waals surface area contributed by atoms with Gasteiger partial charge in [-0.05, 0) is 55.7 Å². The number of hydrogen-bond acceptors (Lipinski definition) is 4. The molecule has 2 aromatic rings. The van der Waals surface area contributed by atoms with Crippen molar-refractivity contribution in [3.8, 4) is 0 Å². The van der Waals surface area contributed by atoms with Gasteiger partial charge >= 0.3 is 0 Å². The first-order valence-electron chi connectivity index (χ1n) is 7.48. The van der Waals surface area contributed by atoms with Crippen molar-refractivity contribution < 1.29 is 18.0 Å². The zero-order valence-corrected chi connectivity index (χ0v) is 14.6. The monoisotopic (exact) mass is 369 g/mol. The standard InChI is InChI=1S/C17H18F3N3OS/c1-23(2)14(11-5-3-6-12(18)9-11)10-22-15(24)13-7-4-8-21-16(13)25-17(19)20/h3-9,14,17H,10H2,1-2H3,(H,22,24). The van der Waals surface area contributed by atoms with Crippen LogP contribution in [0.3, 0.4) is 0 Å². The van der Waals surface area contributed by atoms with Crippen molar-refractivity contribution in [1.82, 2.24) is 15.2 Å². The molecular weight excluding hydrogens is 351 g/mol. The first-order valence-corrected chi connectivity index (χ1v) is 8.36. The number of aromatic nitrogens is 1. The molecule has 0 aliphatic carbocycles. The van der Waals surface area contributed by atoms with E-state index in [0.29, 0.717) is 5.56 Å². The summed E-state index contributed by atoms with van der Waals surface area (Å²) in [5.41, 5.74) is 0.795. The number of nitrogens with zero attached hydrogens (tertiary/aromatic N) is 2. The van der Waals surface area contributed by atoms with Crippen LogP contribution in [0.15, 0.2) is 47.6 Å². The maximum Gasteiger partial charge on any atom is 0.290 e. The third-order valence-electron chi connectivity index (χ3n) is 3.53. The van der Waals surface area contributed by atoms with Gasteiger partial charge in [-0.1, -0.05) is 12.1 Å². The van der Waals surface area contributed by atoms with Crippen molar-refractivity contribution in [2.24, 2.45) is 0 Å². The van der Waals surface area contributed by atoms with Crippen LogP contribution in [-0.4, -0.2) is 42.2 Å². The van der Waals surface area contributed by atoms with Crippen molar-refractivity contribution in [2.75, 3.05) is 20.6 Å². The Kier molecular flexibility index (Phi) is 6.83. The quantitative estimate of drug-likeness (QED) is 0.758. The number of nitrogens with one attached hydrogen (secondary N) is 1. The van der Waals surface area contributed by atoms with Crippen LogP contribution in [0.1, 0.15) is 22.0 Å². The van der Waals surface area contributed by atoms with Gasteiger partial charge in [0.1, 0.15) is 10.8 Å². The number of pyridine rings is 1. The Labute approximate surface area is 148 Å². The van der Waals surface area contributed by atoms with Gasteiger partial charge in [0.25, 0.3) is 11.7 Å². The lowest BCUT2D eigenvalue weighted by Gasteiger charge is -2.25. The molecule has 0 fully saturated rings. The number of carbonyl (C=O) groups excluding carboxylic acids is 1. The van der Waals surface area contributed by atoms with E-state index >= 15 is 0 Å². The zero-order valence-electron chi connectivity index (χ0n) is 13.7. The summed E-state index contributed by atoms with van der Waals surface area (Å²) in [7, 11) is 3.62. The van der Waals surface area contributed by atoms with Crippen LogP contribution in [0.2, 0.25) is 0 Å². The highest BCUT2D eigenvalue weighted by molar-refractivity contribution is 7.99. The summed E-state index contributed by atoms with van der Waals surface area (Å²) < 4.78 is 38.6. The molecule has 0 radical (unpaired) electrons. The summed E-state index contributed by atoms with van der Waals surface area (Å²) in [6.07, 6.45) is 1.36. The van der Waals surface area contributed by atoms with Gasteiger partial charge in [0.2, 0.25) is 0 Å². The Hall–Kier alpha value is -2.06. The zero-order chi connectivity index (χ0) is 18.4. The molecule has 0 bridgehead atoms. The molecule has 0 spiro atoms. The van der Waals surface area contributed by atoms with Crippen LogP contribution in [0.4, 0.5) is 13.2 Å². The summed E-state index contributed by atoms with van der Waals surface area (Å²) in [5.74, 6) is -3.53. The van der Waals surface area contributed by atoms with E-state index in [2.05, 4.69) is 10.3 Å². The second-order valence-corrected chi connectivity index (χ2v) is 6.46. The van der Waals surface area contributed by atoms with E-state index in [1.54, 1.807) is 12.1 Å². The molecule has 4 nitrogen and oxygen atoms in total. The lowest BCUT2D eigenvalue weighted by molar-refractivity contribution is 0.0938. The average Bonchev–Trinajstić information content (AvgIpc) is 2.54. The molecule has 2 rings (SSSR count). The molecule has 1 N–H and O–H groups in total. The number of amides is 1. The maximum absolute atomic E-state index is 13.4. The van der Waals surface area contributed by atoms with Gasteiger partial charge in [0.05, 0.1) is 11.6 Å². The minimum absolute atomic E-state index is 0.0258. The Morgan fingerprint density at radius 2 is 2.04 bits per heavy atom. The molecule has 25 heavy (non-hydrogen) atoms. The molecule has 0 aliphatic heterocycles. The molecule has 0 saturated heterocycles. The Morgan fingerprint density at radius 1 is 1.28 bits per heavy atom. The normalized spacial score (nSPS) is 12.4. The summed E-state index contributed by atoms with van der Waals surface area (Å²) in [6.45, 7) is 0.197. The number of thioether (sulfide) groups is 1. The minimum atomic E-state index is -2.66. The SMILES string of the molecule is CN(C)C(CNC(=O)c1cccnc1SC(F)F)c1cccc(F)c1. The van der Waals surface area contributed by atoms with Gasteiger partial charge < -0.3 is 10.2 Å². The Balaban J connectivity index is 2.12. The highest BCUT2D eigenvalue weighted by Gasteiger charge is 2.19. The summed E-state index contributed by atoms with van der Waals surface area (Å²) in [4.78, 5) is 18.0. The lowest BCUT2D eigenvalue weighted by Crippen LogP contribution is -2.34. The number of benzene rings is 1. The molecule has 8 heteroatoms. The molecule has 1 atom stereocenters. The van der Waals surface area contributed by atoms with Crippen molar-refractivity contribution in [2.45, 2.75) is 16.8 Å². The number of rotatable bonds is 7. The Bertz CT molecular complexity index is 728. The molecule has 1 aromatic heterocycles. The first kappa shape index (κ1) is 19.3. The average molecular weight is 369 g/mol. The molecule has 0 saturated carbocycles. The van der Waals surface area contributed by atoms with E-state index in [1.807, 2.05) is 19.0 Å². The van der Waals surface area contributed by atoms with E-state index in [0.717, 1.165) is 0 Å². The third kappa shape index (κ3) is 5.47. The second-order valence-electron chi connectivity index (χ2n) is 5.48. The second kappa shape index (κ2) is 8.87. The van der Waals surface area contributed by atoms with E-state index < -0.39 is 11.7 Å². The first-order chi connectivity index (χ1) is 11.9. The summed E-state index contributed by atoms with van der Waals surface area (Å²) in [5, 5.41) is 2.68. The van der Waals surface area contributed by atoms with Gasteiger partial charge in [-0.25, -0.2) is 9.37 Å². The number of alkyl halides is 2. The number of carbonyl (C=O) groups is 1. The van der Waals surface area contributed by atoms with Crippen molar-refractivity contribution >= 4 is 17.7 Å². The van der Waals surface area contributed by atoms with Gasteiger partial charge in [-0.2, -0.15) is 8.78 Å². The number of likely N-dealkylation sites (N-methyl/N-ethyl adjacent to an activating group) is 1. The van der Waals surface area contributed by atoms with Crippen LogP contribution in [0.5, 0.6) is 0 Å². The van der Waals surface area contributed by atoms with Crippen LogP contribution in [0.25, 0.3) is 0 Å².